The number of aryl methyl sites for hydroxylation is 1. The van der Waals surface area contributed by atoms with Crippen LogP contribution >= 0.6 is 0 Å². The lowest BCUT2D eigenvalue weighted by Gasteiger charge is -2.16. The molecule has 0 fully saturated rings. The average Bonchev–Trinajstić information content (AvgIpc) is 3.00. The summed E-state index contributed by atoms with van der Waals surface area (Å²) < 4.78 is 7.88. The van der Waals surface area contributed by atoms with Gasteiger partial charge in [0.15, 0.2) is 0 Å². The van der Waals surface area contributed by atoms with Gasteiger partial charge in [0.25, 0.3) is 0 Å². The van der Waals surface area contributed by atoms with Gasteiger partial charge in [-0.3, -0.25) is 4.79 Å². The number of nitrogens with one attached hydrogen (secondary N) is 1. The Morgan fingerprint density at radius 3 is 2.79 bits per heavy atom. The maximum Gasteiger partial charge on any atom is 0.221 e. The fourth-order valence-corrected chi connectivity index (χ4v) is 3.79. The van der Waals surface area contributed by atoms with Crippen molar-refractivity contribution in [1.82, 2.24) is 19.7 Å². The summed E-state index contributed by atoms with van der Waals surface area (Å²) in [5.41, 5.74) is 4.95. The zero-order valence-corrected chi connectivity index (χ0v) is 16.0. The second kappa shape index (κ2) is 7.05. The first kappa shape index (κ1) is 17.4. The number of rotatable bonds is 3. The van der Waals surface area contributed by atoms with E-state index >= 15 is 0 Å². The largest absolute Gasteiger partial charge is 0.439 e. The molecule has 4 heterocycles. The molecule has 5 rings (SSSR count). The monoisotopic (exact) mass is 384 g/mol. The van der Waals surface area contributed by atoms with Gasteiger partial charge in [-0.1, -0.05) is 24.3 Å². The van der Waals surface area contributed by atoms with Gasteiger partial charge >= 0.3 is 0 Å². The summed E-state index contributed by atoms with van der Waals surface area (Å²) in [6.07, 6.45) is 4.17. The van der Waals surface area contributed by atoms with Gasteiger partial charge in [0.05, 0.1) is 17.9 Å². The number of fused-ring (bicyclic) bond motifs is 3. The third-order valence-corrected chi connectivity index (χ3v) is 5.19. The van der Waals surface area contributed by atoms with E-state index in [-0.39, 0.29) is 11.8 Å². The Labute approximate surface area is 168 Å². The minimum absolute atomic E-state index is 0.0125. The third-order valence-electron chi connectivity index (χ3n) is 5.19. The van der Waals surface area contributed by atoms with Crippen molar-refractivity contribution in [3.8, 4) is 11.6 Å². The van der Waals surface area contributed by atoms with Crippen LogP contribution in [-0.2, 0) is 11.3 Å². The first-order valence-electron chi connectivity index (χ1n) is 9.60. The van der Waals surface area contributed by atoms with E-state index < -0.39 is 0 Å². The summed E-state index contributed by atoms with van der Waals surface area (Å²) in [6, 6.07) is 17.5. The van der Waals surface area contributed by atoms with Gasteiger partial charge in [0.2, 0.25) is 11.8 Å². The summed E-state index contributed by atoms with van der Waals surface area (Å²) in [6.45, 7) is 2.49. The van der Waals surface area contributed by atoms with E-state index in [1.165, 1.54) is 0 Å². The molecule has 0 saturated carbocycles. The minimum atomic E-state index is -0.122. The molecule has 6 nitrogen and oxygen atoms in total. The zero-order chi connectivity index (χ0) is 19.8. The van der Waals surface area contributed by atoms with E-state index in [4.69, 9.17) is 9.72 Å². The Morgan fingerprint density at radius 2 is 2.00 bits per heavy atom. The van der Waals surface area contributed by atoms with Crippen molar-refractivity contribution in [3.05, 3.63) is 89.5 Å². The van der Waals surface area contributed by atoms with Gasteiger partial charge in [-0.15, -0.1) is 0 Å². The highest BCUT2D eigenvalue weighted by atomic mass is 16.5. The molecule has 6 heteroatoms. The van der Waals surface area contributed by atoms with Crippen LogP contribution in [-0.4, -0.2) is 20.3 Å². The van der Waals surface area contributed by atoms with Crippen LogP contribution in [0.3, 0.4) is 0 Å². The minimum Gasteiger partial charge on any atom is -0.439 e. The van der Waals surface area contributed by atoms with Crippen molar-refractivity contribution < 1.29 is 9.53 Å². The highest BCUT2D eigenvalue weighted by Gasteiger charge is 2.29. The quantitative estimate of drug-likeness (QED) is 0.580. The van der Waals surface area contributed by atoms with Crippen LogP contribution in [0.1, 0.15) is 34.9 Å². The van der Waals surface area contributed by atoms with Crippen LogP contribution in [0.25, 0.3) is 5.65 Å². The van der Waals surface area contributed by atoms with Crippen molar-refractivity contribution in [2.75, 3.05) is 0 Å². The molecule has 1 aliphatic heterocycles. The number of imidazole rings is 1. The lowest BCUT2D eigenvalue weighted by Crippen LogP contribution is -2.21. The Morgan fingerprint density at radius 1 is 1.14 bits per heavy atom. The van der Waals surface area contributed by atoms with Gasteiger partial charge in [0.1, 0.15) is 11.4 Å². The number of ether oxygens (including phenoxy) is 1. The first-order chi connectivity index (χ1) is 14.2. The Bertz CT molecular complexity index is 1180. The maximum atomic E-state index is 12.3. The number of carbonyl (C=O) groups is 1. The highest BCUT2D eigenvalue weighted by molar-refractivity contribution is 5.78. The van der Waals surface area contributed by atoms with E-state index in [0.29, 0.717) is 18.8 Å². The smallest absolute Gasteiger partial charge is 0.221 e. The van der Waals surface area contributed by atoms with Gasteiger partial charge in [-0.2, -0.15) is 0 Å². The molecule has 0 aliphatic carbocycles. The number of amides is 1. The van der Waals surface area contributed by atoms with E-state index in [0.717, 1.165) is 33.9 Å². The van der Waals surface area contributed by atoms with Crippen LogP contribution in [0.15, 0.2) is 67.0 Å². The number of nitrogens with zero attached hydrogens (tertiary/aromatic N) is 3. The van der Waals surface area contributed by atoms with Gasteiger partial charge in [-0.05, 0) is 42.3 Å². The highest BCUT2D eigenvalue weighted by Crippen LogP contribution is 2.34. The Balaban J connectivity index is 1.53. The number of hydrogen-bond donors (Lipinski definition) is 1. The van der Waals surface area contributed by atoms with E-state index in [9.17, 15) is 4.79 Å². The summed E-state index contributed by atoms with van der Waals surface area (Å²) in [7, 11) is 0. The molecule has 4 aromatic rings. The molecule has 1 N–H and O–H groups in total. The fourth-order valence-electron chi connectivity index (χ4n) is 3.79. The summed E-state index contributed by atoms with van der Waals surface area (Å²) in [5.74, 6) is 1.15. The number of para-hydroxylation sites is 1. The molecule has 0 radical (unpaired) electrons. The lowest BCUT2D eigenvalue weighted by atomic mass is 9.93. The third kappa shape index (κ3) is 3.33. The van der Waals surface area contributed by atoms with Gasteiger partial charge < -0.3 is 14.5 Å². The van der Waals surface area contributed by atoms with Gasteiger partial charge in [-0.25, -0.2) is 9.97 Å². The molecule has 0 bridgehead atoms. The molecular weight excluding hydrogens is 364 g/mol. The SMILES string of the molecule is Cc1ccn2c3c(nc2c1)CNC(=O)C[C@@H]3c1ccc(Oc2ccccc2)nc1. The van der Waals surface area contributed by atoms with Crippen LogP contribution in [0.5, 0.6) is 11.6 Å². The molecule has 0 unspecified atom stereocenters. The number of benzene rings is 1. The van der Waals surface area contributed by atoms with Gasteiger partial charge in [0, 0.05) is 30.8 Å². The van der Waals surface area contributed by atoms with Crippen molar-refractivity contribution in [1.29, 1.82) is 0 Å². The molecule has 144 valence electrons. The number of pyridine rings is 2. The standard InChI is InChI=1S/C23H20N4O2/c1-15-9-10-27-20(11-15)26-19-14-24-21(28)12-18(23(19)27)16-7-8-22(25-13-16)29-17-5-3-2-4-6-17/h2-11,13,18H,12,14H2,1H3,(H,24,28)/t18-/m1/s1. The molecule has 29 heavy (non-hydrogen) atoms. The molecule has 1 aromatic carbocycles. The van der Waals surface area contributed by atoms with Crippen molar-refractivity contribution in [3.63, 3.8) is 0 Å². The molecule has 0 spiro atoms. The van der Waals surface area contributed by atoms with Crippen LogP contribution in [0.4, 0.5) is 0 Å². The second-order valence-electron chi connectivity index (χ2n) is 7.25. The Kier molecular flexibility index (Phi) is 4.24. The van der Waals surface area contributed by atoms with Crippen LogP contribution in [0, 0.1) is 6.92 Å². The topological polar surface area (TPSA) is 68.5 Å². The predicted molar refractivity (Wildman–Crippen MR) is 109 cm³/mol. The van der Waals surface area contributed by atoms with Crippen molar-refractivity contribution >= 4 is 11.6 Å². The Hall–Kier alpha value is -3.67. The van der Waals surface area contributed by atoms with Crippen LogP contribution < -0.4 is 10.1 Å². The average molecular weight is 384 g/mol. The van der Waals surface area contributed by atoms with Crippen molar-refractivity contribution in [2.24, 2.45) is 0 Å². The molecule has 3 aromatic heterocycles. The fraction of sp³-hybridized carbons (Fsp3) is 0.174. The lowest BCUT2D eigenvalue weighted by molar-refractivity contribution is -0.121. The van der Waals surface area contributed by atoms with E-state index in [1.54, 1.807) is 6.20 Å². The molecule has 1 aliphatic rings. The maximum absolute atomic E-state index is 12.3. The number of aromatic nitrogens is 3. The predicted octanol–water partition coefficient (Wildman–Crippen LogP) is 3.98. The number of carbonyl (C=O) groups excluding carboxylic acids is 1. The van der Waals surface area contributed by atoms with E-state index in [2.05, 4.69) is 33.8 Å². The second-order valence-corrected chi connectivity index (χ2v) is 7.25. The summed E-state index contributed by atoms with van der Waals surface area (Å²) >= 11 is 0. The zero-order valence-electron chi connectivity index (χ0n) is 16.0. The molecular formula is C23H20N4O2. The molecule has 1 atom stereocenters. The number of hydrogen-bond acceptors (Lipinski definition) is 4. The summed E-state index contributed by atoms with van der Waals surface area (Å²) in [4.78, 5) is 21.6. The van der Waals surface area contributed by atoms with Crippen molar-refractivity contribution in [2.45, 2.75) is 25.8 Å². The normalized spacial score (nSPS) is 16.2. The summed E-state index contributed by atoms with van der Waals surface area (Å²) in [5, 5.41) is 2.96. The van der Waals surface area contributed by atoms with E-state index in [1.807, 2.05) is 48.7 Å². The van der Waals surface area contributed by atoms with Crippen LogP contribution in [0.2, 0.25) is 0 Å². The molecule has 0 saturated heterocycles. The molecule has 1 amide bonds. The first-order valence-corrected chi connectivity index (χ1v) is 9.60.